The molecule has 0 amide bonds. The summed E-state index contributed by atoms with van der Waals surface area (Å²) in [7, 11) is 1.99. The summed E-state index contributed by atoms with van der Waals surface area (Å²) < 4.78 is 13.3. The van der Waals surface area contributed by atoms with Gasteiger partial charge in [-0.25, -0.2) is 0 Å². The van der Waals surface area contributed by atoms with Crippen LogP contribution < -0.4 is 10.2 Å². The minimum Gasteiger partial charge on any atom is -0.492 e. The van der Waals surface area contributed by atoms with E-state index in [4.69, 9.17) is 9.47 Å². The van der Waals surface area contributed by atoms with Gasteiger partial charge in [0.15, 0.2) is 5.43 Å². The van der Waals surface area contributed by atoms with Gasteiger partial charge in [-0.05, 0) is 30.3 Å². The summed E-state index contributed by atoms with van der Waals surface area (Å²) in [6.07, 6.45) is 0. The minimum atomic E-state index is 0.0577. The Morgan fingerprint density at radius 2 is 1.80 bits per heavy atom. The third kappa shape index (κ3) is 3.13. The number of aromatic nitrogens is 1. The van der Waals surface area contributed by atoms with Gasteiger partial charge in [0, 0.05) is 37.5 Å². The Hall–Kier alpha value is -2.37. The Morgan fingerprint density at radius 3 is 2.64 bits per heavy atom. The largest absolute Gasteiger partial charge is 0.492 e. The zero-order valence-corrected chi connectivity index (χ0v) is 14.4. The lowest BCUT2D eigenvalue weighted by Crippen LogP contribution is -2.38. The monoisotopic (exact) mass is 338 g/mol. The molecule has 0 N–H and O–H groups in total. The standard InChI is InChI=1S/C20H22N2O3/c1-21-18-5-3-2-4-16(18)20(23)17-14-15(6-7-19(17)21)25-13-10-22-8-11-24-12-9-22/h2-7,14H,8-13H2,1H3. The second-order valence-corrected chi connectivity index (χ2v) is 6.39. The molecular weight excluding hydrogens is 316 g/mol. The van der Waals surface area contributed by atoms with Gasteiger partial charge < -0.3 is 14.0 Å². The molecule has 2 heterocycles. The number of morpholine rings is 1. The number of fused-ring (bicyclic) bond motifs is 2. The first-order valence-electron chi connectivity index (χ1n) is 8.68. The normalized spacial score (nSPS) is 15.7. The zero-order valence-electron chi connectivity index (χ0n) is 14.4. The van der Waals surface area contributed by atoms with Crippen LogP contribution in [0.3, 0.4) is 0 Å². The summed E-state index contributed by atoms with van der Waals surface area (Å²) in [5.74, 6) is 0.744. The van der Waals surface area contributed by atoms with Crippen LogP contribution in [0, 0.1) is 0 Å². The summed E-state index contributed by atoms with van der Waals surface area (Å²) in [6.45, 7) is 4.97. The van der Waals surface area contributed by atoms with Gasteiger partial charge in [0.05, 0.1) is 24.2 Å². The van der Waals surface area contributed by atoms with Gasteiger partial charge in [0.25, 0.3) is 0 Å². The second kappa shape index (κ2) is 6.86. The van der Waals surface area contributed by atoms with Crippen molar-refractivity contribution in [1.82, 2.24) is 9.47 Å². The molecule has 0 saturated carbocycles. The van der Waals surface area contributed by atoms with Gasteiger partial charge in [0.2, 0.25) is 0 Å². The van der Waals surface area contributed by atoms with E-state index < -0.39 is 0 Å². The Balaban J connectivity index is 1.60. The van der Waals surface area contributed by atoms with Gasteiger partial charge >= 0.3 is 0 Å². The fourth-order valence-electron chi connectivity index (χ4n) is 3.43. The number of pyridine rings is 1. The van der Waals surface area contributed by atoms with Crippen LogP contribution in [0.1, 0.15) is 0 Å². The van der Waals surface area contributed by atoms with Crippen LogP contribution in [-0.2, 0) is 11.8 Å². The fourth-order valence-corrected chi connectivity index (χ4v) is 3.43. The lowest BCUT2D eigenvalue weighted by atomic mass is 10.1. The van der Waals surface area contributed by atoms with Crippen LogP contribution in [-0.4, -0.2) is 48.9 Å². The van der Waals surface area contributed by atoms with Crippen molar-refractivity contribution in [3.05, 3.63) is 52.7 Å². The Morgan fingerprint density at radius 1 is 1.04 bits per heavy atom. The van der Waals surface area contributed by atoms with E-state index in [0.29, 0.717) is 12.0 Å². The number of hydrogen-bond donors (Lipinski definition) is 0. The lowest BCUT2D eigenvalue weighted by molar-refractivity contribution is 0.0322. The van der Waals surface area contributed by atoms with E-state index in [1.165, 1.54) is 0 Å². The highest BCUT2D eigenvalue weighted by molar-refractivity contribution is 5.93. The molecule has 0 aliphatic carbocycles. The molecule has 1 saturated heterocycles. The van der Waals surface area contributed by atoms with Crippen molar-refractivity contribution in [2.75, 3.05) is 39.5 Å². The quantitative estimate of drug-likeness (QED) is 0.685. The van der Waals surface area contributed by atoms with Crippen molar-refractivity contribution >= 4 is 21.8 Å². The average Bonchev–Trinajstić information content (AvgIpc) is 2.67. The van der Waals surface area contributed by atoms with Gasteiger partial charge in [-0.2, -0.15) is 0 Å². The third-order valence-electron chi connectivity index (χ3n) is 4.86. The molecule has 0 unspecified atom stereocenters. The molecule has 0 bridgehead atoms. The Bertz CT molecular complexity index is 958. The summed E-state index contributed by atoms with van der Waals surface area (Å²) in [6, 6.07) is 13.5. The highest BCUT2D eigenvalue weighted by Gasteiger charge is 2.11. The number of benzene rings is 2. The average molecular weight is 338 g/mol. The zero-order chi connectivity index (χ0) is 17.2. The van der Waals surface area contributed by atoms with Gasteiger partial charge in [0.1, 0.15) is 12.4 Å². The summed E-state index contributed by atoms with van der Waals surface area (Å²) in [5, 5.41) is 1.44. The molecule has 1 aliphatic heterocycles. The van der Waals surface area contributed by atoms with Crippen LogP contribution in [0.4, 0.5) is 0 Å². The molecule has 25 heavy (non-hydrogen) atoms. The predicted molar refractivity (Wildman–Crippen MR) is 99.4 cm³/mol. The third-order valence-corrected chi connectivity index (χ3v) is 4.86. The first-order valence-corrected chi connectivity index (χ1v) is 8.68. The van der Waals surface area contributed by atoms with Crippen LogP contribution in [0.25, 0.3) is 21.8 Å². The molecule has 5 nitrogen and oxygen atoms in total. The summed E-state index contributed by atoms with van der Waals surface area (Å²) >= 11 is 0. The molecule has 1 aromatic heterocycles. The fraction of sp³-hybridized carbons (Fsp3) is 0.350. The second-order valence-electron chi connectivity index (χ2n) is 6.39. The highest BCUT2D eigenvalue weighted by atomic mass is 16.5. The molecule has 1 aliphatic rings. The number of hydrogen-bond acceptors (Lipinski definition) is 4. The first-order chi connectivity index (χ1) is 12.2. The van der Waals surface area contributed by atoms with Crippen LogP contribution in [0.15, 0.2) is 47.3 Å². The number of aryl methyl sites for hydroxylation is 1. The number of para-hydroxylation sites is 1. The van der Waals surface area contributed by atoms with Gasteiger partial charge in [-0.3, -0.25) is 9.69 Å². The molecule has 0 spiro atoms. The van der Waals surface area contributed by atoms with Crippen molar-refractivity contribution in [1.29, 1.82) is 0 Å². The van der Waals surface area contributed by atoms with Crippen molar-refractivity contribution in [3.63, 3.8) is 0 Å². The number of rotatable bonds is 4. The maximum absolute atomic E-state index is 12.8. The molecule has 1 fully saturated rings. The van der Waals surface area contributed by atoms with Crippen molar-refractivity contribution < 1.29 is 9.47 Å². The van der Waals surface area contributed by atoms with Crippen LogP contribution >= 0.6 is 0 Å². The smallest absolute Gasteiger partial charge is 0.197 e. The van der Waals surface area contributed by atoms with Crippen molar-refractivity contribution in [3.8, 4) is 5.75 Å². The molecular formula is C20H22N2O3. The van der Waals surface area contributed by atoms with E-state index in [1.807, 2.05) is 49.5 Å². The Labute approximate surface area is 146 Å². The van der Waals surface area contributed by atoms with Crippen molar-refractivity contribution in [2.45, 2.75) is 0 Å². The highest BCUT2D eigenvalue weighted by Crippen LogP contribution is 2.22. The Kier molecular flexibility index (Phi) is 4.42. The lowest BCUT2D eigenvalue weighted by Gasteiger charge is -2.26. The van der Waals surface area contributed by atoms with Gasteiger partial charge in [-0.15, -0.1) is 0 Å². The summed E-state index contributed by atoms with van der Waals surface area (Å²) in [5.41, 5.74) is 1.92. The molecule has 0 atom stereocenters. The molecule has 4 rings (SSSR count). The maximum atomic E-state index is 12.8. The first kappa shape index (κ1) is 16.1. The SMILES string of the molecule is Cn1c2ccccc2c(=O)c2cc(OCCN3CCOCC3)ccc21. The van der Waals surface area contributed by atoms with Crippen LogP contribution in [0.2, 0.25) is 0 Å². The number of nitrogens with zero attached hydrogens (tertiary/aromatic N) is 2. The van der Waals surface area contributed by atoms with Crippen molar-refractivity contribution in [2.24, 2.45) is 7.05 Å². The predicted octanol–water partition coefficient (Wildman–Crippen LogP) is 2.40. The maximum Gasteiger partial charge on any atom is 0.197 e. The molecule has 5 heteroatoms. The number of ether oxygens (including phenoxy) is 2. The van der Waals surface area contributed by atoms with E-state index >= 15 is 0 Å². The molecule has 0 radical (unpaired) electrons. The van der Waals surface area contributed by atoms with Crippen LogP contribution in [0.5, 0.6) is 5.75 Å². The topological polar surface area (TPSA) is 43.7 Å². The molecule has 130 valence electrons. The van der Waals surface area contributed by atoms with E-state index in [9.17, 15) is 4.79 Å². The van der Waals surface area contributed by atoms with E-state index in [-0.39, 0.29) is 5.43 Å². The molecule has 3 aromatic rings. The van der Waals surface area contributed by atoms with E-state index in [2.05, 4.69) is 9.47 Å². The van der Waals surface area contributed by atoms with E-state index in [1.54, 1.807) is 0 Å². The molecule has 2 aromatic carbocycles. The van der Waals surface area contributed by atoms with E-state index in [0.717, 1.165) is 55.0 Å². The summed E-state index contributed by atoms with van der Waals surface area (Å²) in [4.78, 5) is 15.2. The minimum absolute atomic E-state index is 0.0577. The van der Waals surface area contributed by atoms with Gasteiger partial charge in [-0.1, -0.05) is 12.1 Å².